The molecule has 2 heterocycles. The SMILES string of the molecule is C[C@@H]1CN(Cc2ncc(-c3ccc(Br)cc3)o2)C[C@H]1C(=O)O. The average Bonchev–Trinajstić information content (AvgIpc) is 3.07. The fraction of sp³-hybridized carbons (Fsp3) is 0.375. The molecule has 0 aliphatic carbocycles. The van der Waals surface area contributed by atoms with Gasteiger partial charge in [0.15, 0.2) is 5.76 Å². The molecule has 0 saturated carbocycles. The number of hydrogen-bond acceptors (Lipinski definition) is 4. The first-order valence-electron chi connectivity index (χ1n) is 7.18. The van der Waals surface area contributed by atoms with Gasteiger partial charge in [0, 0.05) is 23.1 Å². The first-order valence-corrected chi connectivity index (χ1v) is 7.98. The number of nitrogens with zero attached hydrogens (tertiary/aromatic N) is 2. The van der Waals surface area contributed by atoms with Gasteiger partial charge >= 0.3 is 5.97 Å². The molecule has 1 aliphatic heterocycles. The zero-order chi connectivity index (χ0) is 15.7. The molecular formula is C16H17BrN2O3. The number of aliphatic carboxylic acids is 1. The maximum absolute atomic E-state index is 11.2. The van der Waals surface area contributed by atoms with E-state index in [1.165, 1.54) is 0 Å². The Bertz CT molecular complexity index is 668. The molecule has 1 saturated heterocycles. The number of halogens is 1. The van der Waals surface area contributed by atoms with E-state index in [1.54, 1.807) is 6.20 Å². The van der Waals surface area contributed by atoms with E-state index >= 15 is 0 Å². The Morgan fingerprint density at radius 3 is 2.77 bits per heavy atom. The van der Waals surface area contributed by atoms with E-state index in [0.717, 1.165) is 22.3 Å². The second-order valence-electron chi connectivity index (χ2n) is 5.74. The highest BCUT2D eigenvalue weighted by Gasteiger charge is 2.35. The van der Waals surface area contributed by atoms with Gasteiger partial charge in [-0.15, -0.1) is 0 Å². The first-order chi connectivity index (χ1) is 10.5. The van der Waals surface area contributed by atoms with Gasteiger partial charge < -0.3 is 9.52 Å². The van der Waals surface area contributed by atoms with Crippen molar-refractivity contribution >= 4 is 21.9 Å². The van der Waals surface area contributed by atoms with Gasteiger partial charge in [-0.2, -0.15) is 0 Å². The molecule has 0 radical (unpaired) electrons. The molecule has 0 amide bonds. The van der Waals surface area contributed by atoms with Gasteiger partial charge in [-0.1, -0.05) is 35.0 Å². The highest BCUT2D eigenvalue weighted by atomic mass is 79.9. The van der Waals surface area contributed by atoms with Crippen molar-refractivity contribution in [3.63, 3.8) is 0 Å². The number of carbonyl (C=O) groups is 1. The second-order valence-corrected chi connectivity index (χ2v) is 6.66. The van der Waals surface area contributed by atoms with E-state index in [0.29, 0.717) is 19.0 Å². The van der Waals surface area contributed by atoms with Gasteiger partial charge in [0.2, 0.25) is 5.89 Å². The van der Waals surface area contributed by atoms with Crippen molar-refractivity contribution in [1.29, 1.82) is 0 Å². The van der Waals surface area contributed by atoms with Crippen LogP contribution >= 0.6 is 15.9 Å². The Morgan fingerprint density at radius 2 is 2.14 bits per heavy atom. The lowest BCUT2D eigenvalue weighted by molar-refractivity contribution is -0.142. The number of benzene rings is 1. The third kappa shape index (κ3) is 3.23. The van der Waals surface area contributed by atoms with Gasteiger partial charge in [0.1, 0.15) is 0 Å². The molecule has 116 valence electrons. The van der Waals surface area contributed by atoms with Crippen molar-refractivity contribution in [2.45, 2.75) is 13.5 Å². The van der Waals surface area contributed by atoms with Crippen LogP contribution < -0.4 is 0 Å². The Morgan fingerprint density at radius 1 is 1.41 bits per heavy atom. The smallest absolute Gasteiger partial charge is 0.308 e. The molecule has 6 heteroatoms. The van der Waals surface area contributed by atoms with Crippen LogP contribution in [-0.2, 0) is 11.3 Å². The number of hydrogen-bond donors (Lipinski definition) is 1. The summed E-state index contributed by atoms with van der Waals surface area (Å²) in [6.07, 6.45) is 1.72. The largest absolute Gasteiger partial charge is 0.481 e. The molecular weight excluding hydrogens is 348 g/mol. The number of likely N-dealkylation sites (tertiary alicyclic amines) is 1. The van der Waals surface area contributed by atoms with E-state index in [-0.39, 0.29) is 11.8 Å². The maximum atomic E-state index is 11.2. The van der Waals surface area contributed by atoms with E-state index < -0.39 is 5.97 Å². The summed E-state index contributed by atoms with van der Waals surface area (Å²) >= 11 is 3.40. The van der Waals surface area contributed by atoms with Crippen LogP contribution in [0.3, 0.4) is 0 Å². The summed E-state index contributed by atoms with van der Waals surface area (Å²) in [5, 5.41) is 9.17. The van der Waals surface area contributed by atoms with Crippen LogP contribution in [0.15, 0.2) is 39.4 Å². The molecule has 3 rings (SSSR count). The molecule has 22 heavy (non-hydrogen) atoms. The summed E-state index contributed by atoms with van der Waals surface area (Å²) in [5.74, 6) is 0.470. The maximum Gasteiger partial charge on any atom is 0.308 e. The monoisotopic (exact) mass is 364 g/mol. The minimum absolute atomic E-state index is 0.151. The molecule has 2 aromatic rings. The van der Waals surface area contributed by atoms with Crippen LogP contribution in [0.4, 0.5) is 0 Å². The van der Waals surface area contributed by atoms with Crippen molar-refractivity contribution in [2.24, 2.45) is 11.8 Å². The highest BCUT2D eigenvalue weighted by Crippen LogP contribution is 2.26. The van der Waals surface area contributed by atoms with Crippen LogP contribution in [0.2, 0.25) is 0 Å². The van der Waals surface area contributed by atoms with Gasteiger partial charge in [-0.05, 0) is 18.1 Å². The van der Waals surface area contributed by atoms with Gasteiger partial charge in [0.05, 0.1) is 18.7 Å². The van der Waals surface area contributed by atoms with Crippen molar-refractivity contribution in [3.05, 3.63) is 40.8 Å². The van der Waals surface area contributed by atoms with Crippen LogP contribution in [0.5, 0.6) is 0 Å². The van der Waals surface area contributed by atoms with E-state index in [2.05, 4.69) is 25.8 Å². The second kappa shape index (κ2) is 6.22. The summed E-state index contributed by atoms with van der Waals surface area (Å²) in [6.45, 7) is 3.83. The minimum atomic E-state index is -0.724. The summed E-state index contributed by atoms with van der Waals surface area (Å²) in [5.41, 5.74) is 0.972. The molecule has 1 aromatic heterocycles. The van der Waals surface area contributed by atoms with Crippen LogP contribution in [0.25, 0.3) is 11.3 Å². The van der Waals surface area contributed by atoms with Crippen LogP contribution in [0.1, 0.15) is 12.8 Å². The number of carboxylic acid groups (broad SMARTS) is 1. The van der Waals surface area contributed by atoms with E-state index in [9.17, 15) is 9.90 Å². The van der Waals surface area contributed by atoms with Crippen LogP contribution in [0, 0.1) is 11.8 Å². The number of oxazole rings is 1. The lowest BCUT2D eigenvalue weighted by Crippen LogP contribution is -2.23. The molecule has 0 spiro atoms. The van der Waals surface area contributed by atoms with Gasteiger partial charge in [0.25, 0.3) is 0 Å². The molecule has 1 N–H and O–H groups in total. The molecule has 0 unspecified atom stereocenters. The van der Waals surface area contributed by atoms with Gasteiger partial charge in [-0.25, -0.2) is 4.98 Å². The summed E-state index contributed by atoms with van der Waals surface area (Å²) in [4.78, 5) is 17.5. The van der Waals surface area contributed by atoms with Crippen molar-refractivity contribution in [1.82, 2.24) is 9.88 Å². The Hall–Kier alpha value is -1.66. The Balaban J connectivity index is 1.68. The summed E-state index contributed by atoms with van der Waals surface area (Å²) < 4.78 is 6.80. The molecule has 1 fully saturated rings. The fourth-order valence-corrected chi connectivity index (χ4v) is 3.10. The Labute approximate surface area is 137 Å². The highest BCUT2D eigenvalue weighted by molar-refractivity contribution is 9.10. The number of rotatable bonds is 4. The third-order valence-electron chi connectivity index (χ3n) is 4.05. The topological polar surface area (TPSA) is 66.6 Å². The summed E-state index contributed by atoms with van der Waals surface area (Å²) in [7, 11) is 0. The van der Waals surface area contributed by atoms with Crippen molar-refractivity contribution in [2.75, 3.05) is 13.1 Å². The zero-order valence-electron chi connectivity index (χ0n) is 12.2. The normalized spacial score (nSPS) is 22.1. The quantitative estimate of drug-likeness (QED) is 0.901. The summed E-state index contributed by atoms with van der Waals surface area (Å²) in [6, 6.07) is 7.84. The average molecular weight is 365 g/mol. The van der Waals surface area contributed by atoms with E-state index in [1.807, 2.05) is 31.2 Å². The predicted molar refractivity (Wildman–Crippen MR) is 85.2 cm³/mol. The fourth-order valence-electron chi connectivity index (χ4n) is 2.84. The predicted octanol–water partition coefficient (Wildman–Crippen LogP) is 3.26. The first kappa shape index (κ1) is 15.2. The lowest BCUT2D eigenvalue weighted by atomic mass is 9.99. The molecule has 5 nitrogen and oxygen atoms in total. The molecule has 2 atom stereocenters. The standard InChI is InChI=1S/C16H17BrN2O3/c1-10-7-19(8-13(10)16(20)21)9-15-18-6-14(22-15)11-2-4-12(17)5-3-11/h2-6,10,13H,7-9H2,1H3,(H,20,21)/t10-,13-/m1/s1. The number of aromatic nitrogens is 1. The lowest BCUT2D eigenvalue weighted by Gasteiger charge is -2.12. The molecule has 1 aromatic carbocycles. The van der Waals surface area contributed by atoms with Crippen LogP contribution in [-0.4, -0.2) is 34.0 Å². The third-order valence-corrected chi connectivity index (χ3v) is 4.57. The van der Waals surface area contributed by atoms with E-state index in [4.69, 9.17) is 4.42 Å². The minimum Gasteiger partial charge on any atom is -0.481 e. The molecule has 0 bridgehead atoms. The molecule has 1 aliphatic rings. The van der Waals surface area contributed by atoms with Gasteiger partial charge in [-0.3, -0.25) is 9.69 Å². The number of carboxylic acids is 1. The van der Waals surface area contributed by atoms with Crippen molar-refractivity contribution in [3.8, 4) is 11.3 Å². The zero-order valence-corrected chi connectivity index (χ0v) is 13.8. The Kier molecular flexibility index (Phi) is 4.31. The van der Waals surface area contributed by atoms with Crippen molar-refractivity contribution < 1.29 is 14.3 Å².